The Bertz CT molecular complexity index is 669. The van der Waals surface area contributed by atoms with Gasteiger partial charge in [-0.25, -0.2) is 4.98 Å². The number of piperazine rings is 1. The van der Waals surface area contributed by atoms with Gasteiger partial charge in [0.05, 0.1) is 10.6 Å². The Morgan fingerprint density at radius 3 is 2.92 bits per heavy atom. The molecule has 2 aromatic rings. The SMILES string of the molecule is Cc1oc(-c2cccs2)nc1CN1CCN(CCC(C)C)[C@@H](CCO)C1. The van der Waals surface area contributed by atoms with Gasteiger partial charge in [0.15, 0.2) is 0 Å². The molecule has 144 valence electrons. The Labute approximate surface area is 160 Å². The van der Waals surface area contributed by atoms with Crippen LogP contribution in [-0.4, -0.2) is 58.7 Å². The third-order valence-electron chi connectivity index (χ3n) is 5.14. The molecule has 1 saturated heterocycles. The number of oxazole rings is 1. The van der Waals surface area contributed by atoms with Gasteiger partial charge in [-0.1, -0.05) is 19.9 Å². The second kappa shape index (κ2) is 9.13. The number of aryl methyl sites for hydroxylation is 1. The van der Waals surface area contributed by atoms with Gasteiger partial charge in [-0.15, -0.1) is 11.3 Å². The van der Waals surface area contributed by atoms with Gasteiger partial charge >= 0.3 is 0 Å². The number of aliphatic hydroxyl groups excluding tert-OH is 1. The topological polar surface area (TPSA) is 52.7 Å². The van der Waals surface area contributed by atoms with E-state index in [-0.39, 0.29) is 6.61 Å². The minimum Gasteiger partial charge on any atom is -0.440 e. The van der Waals surface area contributed by atoms with E-state index in [4.69, 9.17) is 9.40 Å². The quantitative estimate of drug-likeness (QED) is 0.761. The summed E-state index contributed by atoms with van der Waals surface area (Å²) in [6, 6.07) is 4.50. The van der Waals surface area contributed by atoms with Gasteiger partial charge in [-0.3, -0.25) is 9.80 Å². The van der Waals surface area contributed by atoms with Gasteiger partial charge in [-0.2, -0.15) is 0 Å². The number of thiophene rings is 1. The highest BCUT2D eigenvalue weighted by molar-refractivity contribution is 7.13. The molecule has 2 aromatic heterocycles. The highest BCUT2D eigenvalue weighted by Crippen LogP contribution is 2.27. The standard InChI is InChI=1S/C20H31N3O2S/c1-15(2)6-8-23-10-9-22(13-17(23)7-11-24)14-18-16(3)25-20(21-18)19-5-4-12-26-19/h4-5,12,15,17,24H,6-11,13-14H2,1-3H3/t17-/m0/s1. The molecule has 1 aliphatic rings. The van der Waals surface area contributed by atoms with Crippen molar-refractivity contribution in [3.63, 3.8) is 0 Å². The molecular weight excluding hydrogens is 346 g/mol. The second-order valence-electron chi connectivity index (χ2n) is 7.62. The summed E-state index contributed by atoms with van der Waals surface area (Å²) in [5.41, 5.74) is 1.03. The van der Waals surface area contributed by atoms with E-state index in [0.717, 1.165) is 67.3 Å². The zero-order valence-electron chi connectivity index (χ0n) is 16.1. The molecule has 0 radical (unpaired) electrons. The smallest absolute Gasteiger partial charge is 0.236 e. The number of aliphatic hydroxyl groups is 1. The summed E-state index contributed by atoms with van der Waals surface area (Å²) in [5.74, 6) is 2.36. The highest BCUT2D eigenvalue weighted by atomic mass is 32.1. The number of hydrogen-bond acceptors (Lipinski definition) is 6. The third-order valence-corrected chi connectivity index (χ3v) is 6.00. The van der Waals surface area contributed by atoms with Crippen molar-refractivity contribution in [3.8, 4) is 10.8 Å². The molecule has 3 rings (SSSR count). The fourth-order valence-electron chi connectivity index (χ4n) is 3.53. The van der Waals surface area contributed by atoms with Crippen LogP contribution in [0.15, 0.2) is 21.9 Å². The van der Waals surface area contributed by atoms with Gasteiger partial charge in [0.1, 0.15) is 5.76 Å². The minimum absolute atomic E-state index is 0.252. The molecule has 0 aromatic carbocycles. The van der Waals surface area contributed by atoms with Gasteiger partial charge in [0, 0.05) is 38.8 Å². The molecule has 0 saturated carbocycles. The molecule has 0 spiro atoms. The molecule has 0 amide bonds. The molecule has 0 bridgehead atoms. The Morgan fingerprint density at radius 1 is 1.38 bits per heavy atom. The summed E-state index contributed by atoms with van der Waals surface area (Å²) in [4.78, 5) is 10.8. The predicted molar refractivity (Wildman–Crippen MR) is 106 cm³/mol. The van der Waals surface area contributed by atoms with E-state index in [1.54, 1.807) is 11.3 Å². The number of aromatic nitrogens is 1. The minimum atomic E-state index is 0.252. The summed E-state index contributed by atoms with van der Waals surface area (Å²) >= 11 is 1.65. The first-order valence-electron chi connectivity index (χ1n) is 9.64. The largest absolute Gasteiger partial charge is 0.440 e. The first kappa shape index (κ1) is 19.5. The molecule has 5 nitrogen and oxygen atoms in total. The van der Waals surface area contributed by atoms with Crippen molar-refractivity contribution in [2.75, 3.05) is 32.8 Å². The first-order valence-corrected chi connectivity index (χ1v) is 10.5. The lowest BCUT2D eigenvalue weighted by Crippen LogP contribution is -2.53. The molecule has 1 atom stereocenters. The van der Waals surface area contributed by atoms with Crippen LogP contribution in [0.3, 0.4) is 0 Å². The van der Waals surface area contributed by atoms with Crippen LogP contribution < -0.4 is 0 Å². The Kier molecular flexibility index (Phi) is 6.86. The summed E-state index contributed by atoms with van der Waals surface area (Å²) in [6.07, 6.45) is 2.06. The normalized spacial score (nSPS) is 19.5. The van der Waals surface area contributed by atoms with E-state index in [9.17, 15) is 5.11 Å². The fourth-order valence-corrected chi connectivity index (χ4v) is 4.18. The lowest BCUT2D eigenvalue weighted by Gasteiger charge is -2.41. The molecule has 1 N–H and O–H groups in total. The first-order chi connectivity index (χ1) is 12.6. The predicted octanol–water partition coefficient (Wildman–Crippen LogP) is 3.63. The van der Waals surface area contributed by atoms with Crippen molar-refractivity contribution in [1.29, 1.82) is 0 Å². The Morgan fingerprint density at radius 2 is 2.23 bits per heavy atom. The van der Waals surface area contributed by atoms with Crippen LogP contribution in [0.1, 0.15) is 38.1 Å². The molecule has 0 aliphatic carbocycles. The van der Waals surface area contributed by atoms with E-state index >= 15 is 0 Å². The zero-order chi connectivity index (χ0) is 18.5. The maximum atomic E-state index is 9.47. The Balaban J connectivity index is 1.62. The van der Waals surface area contributed by atoms with E-state index in [1.807, 2.05) is 24.4 Å². The summed E-state index contributed by atoms with van der Waals surface area (Å²) < 4.78 is 5.88. The van der Waals surface area contributed by atoms with Crippen molar-refractivity contribution in [2.45, 2.75) is 46.2 Å². The number of nitrogens with zero attached hydrogens (tertiary/aromatic N) is 3. The summed E-state index contributed by atoms with van der Waals surface area (Å²) in [5, 5.41) is 11.5. The van der Waals surface area contributed by atoms with Crippen molar-refractivity contribution >= 4 is 11.3 Å². The van der Waals surface area contributed by atoms with E-state index in [2.05, 4.69) is 23.6 Å². The van der Waals surface area contributed by atoms with Crippen molar-refractivity contribution in [1.82, 2.24) is 14.8 Å². The number of hydrogen-bond donors (Lipinski definition) is 1. The van der Waals surface area contributed by atoms with Crippen LogP contribution in [0.4, 0.5) is 0 Å². The van der Waals surface area contributed by atoms with Crippen molar-refractivity contribution in [2.24, 2.45) is 5.92 Å². The van der Waals surface area contributed by atoms with Crippen LogP contribution in [0.25, 0.3) is 10.8 Å². The summed E-state index contributed by atoms with van der Waals surface area (Å²) in [6.45, 7) is 11.8. The van der Waals surface area contributed by atoms with E-state index < -0.39 is 0 Å². The maximum Gasteiger partial charge on any atom is 0.236 e. The monoisotopic (exact) mass is 377 g/mol. The van der Waals surface area contributed by atoms with Crippen molar-refractivity contribution in [3.05, 3.63) is 29.0 Å². The van der Waals surface area contributed by atoms with Crippen LogP contribution in [0.2, 0.25) is 0 Å². The summed E-state index contributed by atoms with van der Waals surface area (Å²) in [7, 11) is 0. The van der Waals surface area contributed by atoms with Crippen LogP contribution >= 0.6 is 11.3 Å². The van der Waals surface area contributed by atoms with Crippen LogP contribution in [0, 0.1) is 12.8 Å². The third kappa shape index (κ3) is 4.94. The Hall–Kier alpha value is -1.21. The van der Waals surface area contributed by atoms with Crippen LogP contribution in [-0.2, 0) is 6.54 Å². The molecule has 6 heteroatoms. The zero-order valence-corrected chi connectivity index (χ0v) is 17.0. The molecule has 1 aliphatic heterocycles. The molecule has 26 heavy (non-hydrogen) atoms. The number of rotatable bonds is 8. The van der Waals surface area contributed by atoms with Gasteiger partial charge in [-0.05, 0) is 43.7 Å². The van der Waals surface area contributed by atoms with Gasteiger partial charge in [0.2, 0.25) is 5.89 Å². The second-order valence-corrected chi connectivity index (χ2v) is 8.57. The molecule has 3 heterocycles. The van der Waals surface area contributed by atoms with E-state index in [0.29, 0.717) is 6.04 Å². The maximum absolute atomic E-state index is 9.47. The van der Waals surface area contributed by atoms with Crippen molar-refractivity contribution < 1.29 is 9.52 Å². The van der Waals surface area contributed by atoms with Gasteiger partial charge in [0.25, 0.3) is 0 Å². The molecule has 0 unspecified atom stereocenters. The lowest BCUT2D eigenvalue weighted by atomic mass is 10.1. The van der Waals surface area contributed by atoms with E-state index in [1.165, 1.54) is 6.42 Å². The average Bonchev–Trinajstić information content (AvgIpc) is 3.25. The highest BCUT2D eigenvalue weighted by Gasteiger charge is 2.27. The van der Waals surface area contributed by atoms with Gasteiger partial charge < -0.3 is 9.52 Å². The van der Waals surface area contributed by atoms with Crippen LogP contribution in [0.5, 0.6) is 0 Å². The molecular formula is C20H31N3O2S. The lowest BCUT2D eigenvalue weighted by molar-refractivity contribution is 0.0517. The fraction of sp³-hybridized carbons (Fsp3) is 0.650. The molecule has 1 fully saturated rings. The average molecular weight is 378 g/mol.